The second-order valence-corrected chi connectivity index (χ2v) is 17.9. The lowest BCUT2D eigenvalue weighted by atomic mass is 10.0. The molecule has 2 aromatic rings. The first-order valence-corrected chi connectivity index (χ1v) is 20.8. The Kier molecular flexibility index (Phi) is 12.0. The van der Waals surface area contributed by atoms with Gasteiger partial charge < -0.3 is 25.0 Å². The van der Waals surface area contributed by atoms with Gasteiger partial charge in [0.15, 0.2) is 0 Å². The standard InChI is InChI=1S/C39H47ClFN5O9S/c1-38(2,3)55-36(50)42-31-17-8-6-4-5-7-14-26-19-39(26,35(49)44-56(52,53)23-25-12-9-10-15-29(25)40)43-33(47)32-18-27(21-46(32)34(31)48)54-37(51)45-20-24-13-11-16-30(41)28(24)22-45/h7,9-16,26-27,31-32H,4-6,8,17-23H2,1-3H3,(H,42,50)(H,43,47)(H,44,49)/b14-7-/t26-,27+,31-,32-,39+/m0/s1. The van der Waals surface area contributed by atoms with Gasteiger partial charge in [-0.25, -0.2) is 22.4 Å². The summed E-state index contributed by atoms with van der Waals surface area (Å²) in [5.74, 6) is -3.91. The molecule has 4 aliphatic rings. The van der Waals surface area contributed by atoms with E-state index in [2.05, 4.69) is 15.4 Å². The smallest absolute Gasteiger partial charge is 0.410 e. The molecule has 6 rings (SSSR count). The number of amides is 5. The van der Waals surface area contributed by atoms with Crippen molar-refractivity contribution in [2.75, 3.05) is 6.54 Å². The number of halogens is 2. The van der Waals surface area contributed by atoms with Gasteiger partial charge in [0.2, 0.25) is 21.8 Å². The number of fused-ring (bicyclic) bond motifs is 3. The summed E-state index contributed by atoms with van der Waals surface area (Å²) in [5.41, 5.74) is -1.23. The second kappa shape index (κ2) is 16.4. The van der Waals surface area contributed by atoms with Crippen LogP contribution in [0.4, 0.5) is 14.0 Å². The monoisotopic (exact) mass is 815 g/mol. The summed E-state index contributed by atoms with van der Waals surface area (Å²) in [6.07, 6.45) is 3.83. The molecule has 3 aliphatic heterocycles. The number of nitrogens with zero attached hydrogens (tertiary/aromatic N) is 2. The van der Waals surface area contributed by atoms with Crippen LogP contribution < -0.4 is 15.4 Å². The van der Waals surface area contributed by atoms with E-state index in [-0.39, 0.29) is 49.5 Å². The van der Waals surface area contributed by atoms with E-state index in [9.17, 15) is 36.8 Å². The molecule has 2 fully saturated rings. The number of alkyl carbamates (subject to hydrolysis) is 1. The molecule has 17 heteroatoms. The van der Waals surface area contributed by atoms with E-state index < -0.39 is 86.7 Å². The fourth-order valence-corrected chi connectivity index (χ4v) is 8.91. The molecule has 0 bridgehead atoms. The molecule has 1 aliphatic carbocycles. The normalized spacial score (nSPS) is 26.0. The van der Waals surface area contributed by atoms with Crippen LogP contribution in [0.5, 0.6) is 0 Å². The van der Waals surface area contributed by atoms with E-state index in [1.54, 1.807) is 51.1 Å². The lowest BCUT2D eigenvalue weighted by Gasteiger charge is -2.30. The minimum atomic E-state index is -4.27. The van der Waals surface area contributed by atoms with E-state index in [0.29, 0.717) is 30.4 Å². The predicted molar refractivity (Wildman–Crippen MR) is 203 cm³/mol. The van der Waals surface area contributed by atoms with Gasteiger partial charge in [-0.05, 0) is 69.7 Å². The molecule has 0 aromatic heterocycles. The number of rotatable bonds is 6. The van der Waals surface area contributed by atoms with Crippen molar-refractivity contribution in [2.24, 2.45) is 5.92 Å². The third kappa shape index (κ3) is 9.63. The topological polar surface area (TPSA) is 181 Å². The van der Waals surface area contributed by atoms with Crippen molar-refractivity contribution < 1.29 is 46.3 Å². The molecule has 56 heavy (non-hydrogen) atoms. The third-order valence-corrected chi connectivity index (χ3v) is 11.9. The average molecular weight is 816 g/mol. The van der Waals surface area contributed by atoms with Crippen LogP contribution >= 0.6 is 11.6 Å². The molecule has 5 atom stereocenters. The van der Waals surface area contributed by atoms with Gasteiger partial charge in [0.1, 0.15) is 35.1 Å². The third-order valence-electron chi connectivity index (χ3n) is 10.3. The molecule has 0 unspecified atom stereocenters. The lowest BCUT2D eigenvalue weighted by Crippen LogP contribution is -2.58. The first kappa shape index (κ1) is 40.9. The molecule has 1 saturated carbocycles. The van der Waals surface area contributed by atoms with Crippen LogP contribution in [-0.4, -0.2) is 84.0 Å². The first-order valence-electron chi connectivity index (χ1n) is 18.7. The number of benzene rings is 2. The van der Waals surface area contributed by atoms with Gasteiger partial charge in [-0.2, -0.15) is 0 Å². The molecule has 302 valence electrons. The highest BCUT2D eigenvalue weighted by Gasteiger charge is 2.61. The van der Waals surface area contributed by atoms with Gasteiger partial charge in [0.05, 0.1) is 18.8 Å². The van der Waals surface area contributed by atoms with Gasteiger partial charge in [0.25, 0.3) is 5.91 Å². The zero-order chi connectivity index (χ0) is 40.4. The maximum Gasteiger partial charge on any atom is 0.410 e. The maximum atomic E-state index is 14.5. The molecule has 0 spiro atoms. The van der Waals surface area contributed by atoms with Crippen molar-refractivity contribution in [3.63, 3.8) is 0 Å². The number of carbonyl (C=O) groups is 5. The Morgan fingerprint density at radius 3 is 2.55 bits per heavy atom. The Hall–Kier alpha value is -4.70. The Morgan fingerprint density at radius 1 is 1.05 bits per heavy atom. The van der Waals surface area contributed by atoms with Crippen molar-refractivity contribution in [3.8, 4) is 0 Å². The fraction of sp³-hybridized carbons (Fsp3) is 0.513. The number of hydrogen-bond donors (Lipinski definition) is 3. The van der Waals surface area contributed by atoms with Crippen LogP contribution in [0.25, 0.3) is 0 Å². The van der Waals surface area contributed by atoms with Crippen LogP contribution in [0.2, 0.25) is 5.02 Å². The quantitative estimate of drug-likeness (QED) is 0.344. The second-order valence-electron chi connectivity index (χ2n) is 15.8. The van der Waals surface area contributed by atoms with Crippen molar-refractivity contribution in [1.82, 2.24) is 25.2 Å². The van der Waals surface area contributed by atoms with Crippen LogP contribution in [0.1, 0.15) is 82.4 Å². The number of hydrogen-bond acceptors (Lipinski definition) is 9. The van der Waals surface area contributed by atoms with Gasteiger partial charge >= 0.3 is 12.2 Å². The van der Waals surface area contributed by atoms with Crippen molar-refractivity contribution in [1.29, 1.82) is 0 Å². The van der Waals surface area contributed by atoms with Crippen molar-refractivity contribution >= 4 is 51.5 Å². The predicted octanol–water partition coefficient (Wildman–Crippen LogP) is 4.84. The number of nitrogens with one attached hydrogen (secondary N) is 3. The minimum Gasteiger partial charge on any atom is -0.444 e. The van der Waals surface area contributed by atoms with E-state index >= 15 is 0 Å². The number of sulfonamides is 1. The largest absolute Gasteiger partial charge is 0.444 e. The molecular weight excluding hydrogens is 769 g/mol. The van der Waals surface area contributed by atoms with Crippen LogP contribution in [0.3, 0.4) is 0 Å². The summed E-state index contributed by atoms with van der Waals surface area (Å²) in [4.78, 5) is 71.5. The van der Waals surface area contributed by atoms with E-state index in [1.807, 2.05) is 6.08 Å². The lowest BCUT2D eigenvalue weighted by molar-refractivity contribution is -0.141. The van der Waals surface area contributed by atoms with Gasteiger partial charge in [0, 0.05) is 29.5 Å². The van der Waals surface area contributed by atoms with E-state index in [4.69, 9.17) is 21.1 Å². The molecular formula is C39H47ClFN5O9S. The molecule has 3 N–H and O–H groups in total. The summed E-state index contributed by atoms with van der Waals surface area (Å²) in [6, 6.07) is 8.52. The molecule has 5 amide bonds. The number of carbonyl (C=O) groups excluding carboxylic acids is 5. The summed E-state index contributed by atoms with van der Waals surface area (Å²) in [6.45, 7) is 4.92. The maximum absolute atomic E-state index is 14.5. The van der Waals surface area contributed by atoms with Gasteiger partial charge in [-0.3, -0.25) is 24.0 Å². The fourth-order valence-electron chi connectivity index (χ4n) is 7.43. The first-order chi connectivity index (χ1) is 26.4. The average Bonchev–Trinajstić information content (AvgIpc) is 3.40. The Labute approximate surface area is 330 Å². The van der Waals surface area contributed by atoms with Crippen LogP contribution in [-0.2, 0) is 52.7 Å². The molecule has 0 radical (unpaired) electrons. The summed E-state index contributed by atoms with van der Waals surface area (Å²) < 4.78 is 54.3. The highest BCUT2D eigenvalue weighted by atomic mass is 35.5. The minimum absolute atomic E-state index is 0.0199. The van der Waals surface area contributed by atoms with E-state index in [1.165, 1.54) is 28.0 Å². The van der Waals surface area contributed by atoms with Gasteiger partial charge in [-0.1, -0.05) is 66.9 Å². The Bertz CT molecular complexity index is 2020. The van der Waals surface area contributed by atoms with Gasteiger partial charge in [-0.15, -0.1) is 0 Å². The molecule has 1 saturated heterocycles. The highest BCUT2D eigenvalue weighted by Crippen LogP contribution is 2.46. The van der Waals surface area contributed by atoms with Crippen LogP contribution in [0.15, 0.2) is 54.6 Å². The molecule has 14 nitrogen and oxygen atoms in total. The zero-order valence-corrected chi connectivity index (χ0v) is 33.1. The summed E-state index contributed by atoms with van der Waals surface area (Å²) in [7, 11) is -4.27. The summed E-state index contributed by atoms with van der Waals surface area (Å²) >= 11 is 6.19. The number of allylic oxidation sites excluding steroid dienone is 1. The Balaban J connectivity index is 1.25. The SMILES string of the molecule is CC(C)(C)OC(=O)N[C@H]1CCCCC/C=C\[C@H]2C[C@@]2(C(=O)NS(=O)(=O)Cc2ccccc2Cl)NC(=O)[C@@H]2C[C@@H](OC(=O)N3Cc4cccc(F)c4C3)CN2C1=O. The van der Waals surface area contributed by atoms with Crippen molar-refractivity contribution in [3.05, 3.63) is 82.1 Å². The van der Waals surface area contributed by atoms with Crippen LogP contribution in [0, 0.1) is 11.7 Å². The zero-order valence-electron chi connectivity index (χ0n) is 31.5. The summed E-state index contributed by atoms with van der Waals surface area (Å²) in [5, 5.41) is 5.64. The van der Waals surface area contributed by atoms with Crippen molar-refractivity contribution in [2.45, 2.75) is 114 Å². The molecule has 2 aromatic carbocycles. The number of ether oxygens (including phenoxy) is 2. The van der Waals surface area contributed by atoms with E-state index in [0.717, 1.165) is 6.42 Å². The Morgan fingerprint density at radius 2 is 1.82 bits per heavy atom. The highest BCUT2D eigenvalue weighted by molar-refractivity contribution is 7.89. The molecule has 3 heterocycles.